The van der Waals surface area contributed by atoms with Crippen molar-refractivity contribution in [1.29, 1.82) is 0 Å². The molecule has 0 unspecified atom stereocenters. The van der Waals surface area contributed by atoms with Crippen molar-refractivity contribution in [2.75, 3.05) is 13.1 Å². The maximum Gasteiger partial charge on any atom is 0.317 e. The summed E-state index contributed by atoms with van der Waals surface area (Å²) in [6, 6.07) is 7.43. The molecule has 0 radical (unpaired) electrons. The molecular weight excluding hydrogens is 328 g/mol. The molecule has 0 saturated carbocycles. The molecule has 7 heteroatoms. The fourth-order valence-electron chi connectivity index (χ4n) is 2.75. The first-order valence-electron chi connectivity index (χ1n) is 8.03. The largest absolute Gasteiger partial charge is 0.489 e. The van der Waals surface area contributed by atoms with E-state index < -0.39 is 0 Å². The van der Waals surface area contributed by atoms with E-state index in [2.05, 4.69) is 10.4 Å². The van der Waals surface area contributed by atoms with E-state index in [-0.39, 0.29) is 12.1 Å². The lowest BCUT2D eigenvalue weighted by Gasteiger charge is -2.32. The van der Waals surface area contributed by atoms with E-state index in [1.165, 1.54) is 0 Å². The number of carbonyl (C=O) groups excluding carboxylic acids is 1. The predicted molar refractivity (Wildman–Crippen MR) is 92.1 cm³/mol. The van der Waals surface area contributed by atoms with Gasteiger partial charge in [-0.1, -0.05) is 23.7 Å². The van der Waals surface area contributed by atoms with Crippen molar-refractivity contribution in [1.82, 2.24) is 20.0 Å². The van der Waals surface area contributed by atoms with Gasteiger partial charge in [0, 0.05) is 51.3 Å². The third-order valence-electron chi connectivity index (χ3n) is 4.06. The highest BCUT2D eigenvalue weighted by atomic mass is 35.5. The van der Waals surface area contributed by atoms with Crippen LogP contribution in [-0.2, 0) is 13.6 Å². The van der Waals surface area contributed by atoms with Crippen LogP contribution in [0.2, 0.25) is 5.02 Å². The summed E-state index contributed by atoms with van der Waals surface area (Å²) in [5.41, 5.74) is 0.989. The van der Waals surface area contributed by atoms with Crippen LogP contribution in [0.3, 0.4) is 0 Å². The molecule has 0 atom stereocenters. The molecule has 0 spiro atoms. The van der Waals surface area contributed by atoms with Crippen LogP contribution in [0.4, 0.5) is 4.79 Å². The molecule has 24 heavy (non-hydrogen) atoms. The molecule has 128 valence electrons. The zero-order valence-corrected chi connectivity index (χ0v) is 14.4. The number of hydrogen-bond acceptors (Lipinski definition) is 3. The van der Waals surface area contributed by atoms with Gasteiger partial charge in [0.25, 0.3) is 0 Å². The molecular formula is C17H21ClN4O2. The molecule has 1 aliphatic heterocycles. The van der Waals surface area contributed by atoms with Gasteiger partial charge in [-0.15, -0.1) is 0 Å². The number of likely N-dealkylation sites (tertiary alicyclic amines) is 1. The minimum atomic E-state index is -0.0463. The molecule has 2 amide bonds. The van der Waals surface area contributed by atoms with Crippen LogP contribution in [0.1, 0.15) is 18.4 Å². The number of para-hydroxylation sites is 1. The zero-order valence-electron chi connectivity index (χ0n) is 13.6. The summed E-state index contributed by atoms with van der Waals surface area (Å²) in [5.74, 6) is 0.707. The number of aromatic nitrogens is 2. The van der Waals surface area contributed by atoms with E-state index in [9.17, 15) is 4.79 Å². The van der Waals surface area contributed by atoms with Crippen molar-refractivity contribution >= 4 is 17.6 Å². The molecule has 1 aromatic heterocycles. The maximum absolute atomic E-state index is 12.2. The highest BCUT2D eigenvalue weighted by Gasteiger charge is 2.24. The number of nitrogens with zero attached hydrogens (tertiary/aromatic N) is 3. The molecule has 1 N–H and O–H groups in total. The summed E-state index contributed by atoms with van der Waals surface area (Å²) in [7, 11) is 1.86. The number of halogens is 1. The van der Waals surface area contributed by atoms with E-state index in [1.54, 1.807) is 10.9 Å². The number of hydrogen-bond donors (Lipinski definition) is 1. The normalized spacial score (nSPS) is 15.3. The topological polar surface area (TPSA) is 59.4 Å². The summed E-state index contributed by atoms with van der Waals surface area (Å²) < 4.78 is 7.67. The lowest BCUT2D eigenvalue weighted by atomic mass is 10.1. The Balaban J connectivity index is 1.44. The fourth-order valence-corrected chi connectivity index (χ4v) is 2.93. The quantitative estimate of drug-likeness (QED) is 0.924. The number of benzene rings is 1. The minimum Gasteiger partial charge on any atom is -0.489 e. The fraction of sp³-hybridized carbons (Fsp3) is 0.412. The summed E-state index contributed by atoms with van der Waals surface area (Å²) in [6.07, 6.45) is 5.33. The van der Waals surface area contributed by atoms with Crippen LogP contribution in [-0.4, -0.2) is 39.9 Å². The van der Waals surface area contributed by atoms with E-state index in [1.807, 2.05) is 42.4 Å². The summed E-state index contributed by atoms with van der Waals surface area (Å²) in [4.78, 5) is 14.0. The first-order chi connectivity index (χ1) is 11.6. The van der Waals surface area contributed by atoms with Gasteiger partial charge in [-0.3, -0.25) is 4.68 Å². The molecule has 2 aromatic rings. The second kappa shape index (κ2) is 7.57. The van der Waals surface area contributed by atoms with Crippen molar-refractivity contribution in [3.63, 3.8) is 0 Å². The summed E-state index contributed by atoms with van der Waals surface area (Å²) >= 11 is 6.12. The molecule has 6 nitrogen and oxygen atoms in total. The molecule has 1 aliphatic rings. The van der Waals surface area contributed by atoms with Gasteiger partial charge < -0.3 is 15.0 Å². The molecule has 2 heterocycles. The molecule has 1 fully saturated rings. The smallest absolute Gasteiger partial charge is 0.317 e. The first kappa shape index (κ1) is 16.6. The van der Waals surface area contributed by atoms with Crippen molar-refractivity contribution in [2.45, 2.75) is 25.5 Å². The Kier molecular flexibility index (Phi) is 5.25. The van der Waals surface area contributed by atoms with Crippen LogP contribution in [0.15, 0.2) is 36.7 Å². The number of ether oxygens (including phenoxy) is 1. The lowest BCUT2D eigenvalue weighted by molar-refractivity contribution is 0.111. The Bertz CT molecular complexity index is 695. The standard InChI is InChI=1S/C17H21ClN4O2/c1-21-12-13(11-20-21)10-19-17(23)22-8-6-14(7-9-22)24-16-5-3-2-4-15(16)18/h2-5,11-12,14H,6-10H2,1H3,(H,19,23). The van der Waals surface area contributed by atoms with Crippen molar-refractivity contribution < 1.29 is 9.53 Å². The Morgan fingerprint density at radius 1 is 1.38 bits per heavy atom. The van der Waals surface area contributed by atoms with E-state index >= 15 is 0 Å². The van der Waals surface area contributed by atoms with E-state index in [0.29, 0.717) is 30.4 Å². The van der Waals surface area contributed by atoms with Gasteiger partial charge in [0.15, 0.2) is 0 Å². The Morgan fingerprint density at radius 3 is 2.79 bits per heavy atom. The number of piperidine rings is 1. The zero-order chi connectivity index (χ0) is 16.9. The van der Waals surface area contributed by atoms with Crippen LogP contribution in [0.5, 0.6) is 5.75 Å². The van der Waals surface area contributed by atoms with Crippen LogP contribution < -0.4 is 10.1 Å². The van der Waals surface area contributed by atoms with Gasteiger partial charge in [-0.25, -0.2) is 4.79 Å². The van der Waals surface area contributed by atoms with Crippen LogP contribution in [0.25, 0.3) is 0 Å². The van der Waals surface area contributed by atoms with Gasteiger partial charge in [0.05, 0.1) is 11.2 Å². The average molecular weight is 349 g/mol. The van der Waals surface area contributed by atoms with Gasteiger partial charge in [0.1, 0.15) is 11.9 Å². The SMILES string of the molecule is Cn1cc(CNC(=O)N2CCC(Oc3ccccc3Cl)CC2)cn1. The van der Waals surface area contributed by atoms with Crippen molar-refractivity contribution in [3.05, 3.63) is 47.2 Å². The third kappa shape index (κ3) is 4.20. The average Bonchev–Trinajstić information content (AvgIpc) is 3.01. The Hall–Kier alpha value is -2.21. The summed E-state index contributed by atoms with van der Waals surface area (Å²) in [6.45, 7) is 1.84. The number of amides is 2. The Labute approximate surface area is 146 Å². The second-order valence-electron chi connectivity index (χ2n) is 5.92. The first-order valence-corrected chi connectivity index (χ1v) is 8.41. The number of urea groups is 1. The monoisotopic (exact) mass is 348 g/mol. The highest BCUT2D eigenvalue weighted by molar-refractivity contribution is 6.32. The second-order valence-corrected chi connectivity index (χ2v) is 6.32. The summed E-state index contributed by atoms with van der Waals surface area (Å²) in [5, 5.41) is 7.64. The molecule has 3 rings (SSSR count). The van der Waals surface area contributed by atoms with Crippen molar-refractivity contribution in [2.24, 2.45) is 7.05 Å². The molecule has 0 bridgehead atoms. The van der Waals surface area contributed by atoms with Gasteiger partial charge in [0.2, 0.25) is 0 Å². The van der Waals surface area contributed by atoms with E-state index in [0.717, 1.165) is 18.4 Å². The van der Waals surface area contributed by atoms with Crippen LogP contribution >= 0.6 is 11.6 Å². The number of rotatable bonds is 4. The molecule has 1 aromatic carbocycles. The number of nitrogens with one attached hydrogen (secondary N) is 1. The van der Waals surface area contributed by atoms with Crippen LogP contribution in [0, 0.1) is 0 Å². The van der Waals surface area contributed by atoms with Gasteiger partial charge >= 0.3 is 6.03 Å². The van der Waals surface area contributed by atoms with Gasteiger partial charge in [-0.05, 0) is 12.1 Å². The van der Waals surface area contributed by atoms with Crippen molar-refractivity contribution in [3.8, 4) is 5.75 Å². The molecule has 0 aliphatic carbocycles. The Morgan fingerprint density at radius 2 is 2.12 bits per heavy atom. The molecule has 1 saturated heterocycles. The minimum absolute atomic E-state index is 0.0463. The van der Waals surface area contributed by atoms with E-state index in [4.69, 9.17) is 16.3 Å². The predicted octanol–water partition coefficient (Wildman–Crippen LogP) is 2.83. The highest BCUT2D eigenvalue weighted by Crippen LogP contribution is 2.26. The maximum atomic E-state index is 12.2. The third-order valence-corrected chi connectivity index (χ3v) is 4.37. The number of carbonyl (C=O) groups is 1. The lowest BCUT2D eigenvalue weighted by Crippen LogP contribution is -2.46. The van der Waals surface area contributed by atoms with Gasteiger partial charge in [-0.2, -0.15) is 5.10 Å². The number of aryl methyl sites for hydroxylation is 1.